The molecule has 0 radical (unpaired) electrons. The van der Waals surface area contributed by atoms with Crippen molar-refractivity contribution in [2.24, 2.45) is 11.7 Å². The van der Waals surface area contributed by atoms with E-state index in [4.69, 9.17) is 5.73 Å². The summed E-state index contributed by atoms with van der Waals surface area (Å²) in [5.41, 5.74) is 6.01. The van der Waals surface area contributed by atoms with Crippen LogP contribution in [0.5, 0.6) is 0 Å². The number of hydrogen-bond acceptors (Lipinski definition) is 4. The van der Waals surface area contributed by atoms with Crippen molar-refractivity contribution in [1.82, 2.24) is 5.32 Å². The summed E-state index contributed by atoms with van der Waals surface area (Å²) in [4.78, 5) is 12.2. The van der Waals surface area contributed by atoms with E-state index < -0.39 is 9.84 Å². The van der Waals surface area contributed by atoms with Crippen LogP contribution in [0, 0.1) is 5.92 Å². The Morgan fingerprint density at radius 2 is 1.79 bits per heavy atom. The molecule has 0 saturated carbocycles. The number of amides is 1. The third-order valence-electron chi connectivity index (χ3n) is 2.92. The van der Waals surface area contributed by atoms with Gasteiger partial charge in [-0.2, -0.15) is 0 Å². The average Bonchev–Trinajstić information content (AvgIpc) is 2.34. The van der Waals surface area contributed by atoms with Gasteiger partial charge in [0.25, 0.3) is 5.91 Å². The van der Waals surface area contributed by atoms with E-state index in [9.17, 15) is 13.2 Å². The van der Waals surface area contributed by atoms with Crippen LogP contribution in [0.2, 0.25) is 0 Å². The van der Waals surface area contributed by atoms with Crippen LogP contribution in [0.25, 0.3) is 0 Å². The maximum absolute atomic E-state index is 12.0. The largest absolute Gasteiger partial charge is 0.348 e. The van der Waals surface area contributed by atoms with Gasteiger partial charge in [0.2, 0.25) is 0 Å². The van der Waals surface area contributed by atoms with Gasteiger partial charge >= 0.3 is 0 Å². The smallest absolute Gasteiger partial charge is 0.251 e. The first-order valence-corrected chi connectivity index (χ1v) is 7.96. The molecule has 1 amide bonds. The molecule has 0 heterocycles. The van der Waals surface area contributed by atoms with Crippen LogP contribution in [0.3, 0.4) is 0 Å². The number of benzene rings is 1. The molecule has 0 aliphatic heterocycles. The van der Waals surface area contributed by atoms with Gasteiger partial charge in [-0.25, -0.2) is 8.42 Å². The monoisotopic (exact) mass is 284 g/mol. The van der Waals surface area contributed by atoms with Crippen molar-refractivity contribution in [2.45, 2.75) is 24.8 Å². The summed E-state index contributed by atoms with van der Waals surface area (Å²) in [6.45, 7) is 4.32. The zero-order valence-corrected chi connectivity index (χ0v) is 12.2. The van der Waals surface area contributed by atoms with Crippen LogP contribution in [0.15, 0.2) is 29.2 Å². The minimum Gasteiger partial charge on any atom is -0.348 e. The van der Waals surface area contributed by atoms with Crippen LogP contribution >= 0.6 is 0 Å². The molecule has 106 valence electrons. The molecule has 6 heteroatoms. The van der Waals surface area contributed by atoms with Crippen LogP contribution in [-0.4, -0.2) is 33.2 Å². The second-order valence-electron chi connectivity index (χ2n) is 4.86. The molecule has 3 N–H and O–H groups in total. The molecule has 1 unspecified atom stereocenters. The molecule has 0 fully saturated rings. The predicted octanol–water partition coefficient (Wildman–Crippen LogP) is 0.803. The minimum atomic E-state index is -3.24. The van der Waals surface area contributed by atoms with E-state index in [0.717, 1.165) is 6.26 Å². The van der Waals surface area contributed by atoms with Crippen LogP contribution < -0.4 is 11.1 Å². The Balaban J connectivity index is 2.84. The van der Waals surface area contributed by atoms with Gasteiger partial charge in [0.15, 0.2) is 9.84 Å². The molecule has 1 aromatic carbocycles. The summed E-state index contributed by atoms with van der Waals surface area (Å²) in [7, 11) is -3.24. The van der Waals surface area contributed by atoms with Gasteiger partial charge in [0.05, 0.1) is 4.90 Å². The number of sulfone groups is 1. The molecular weight excluding hydrogens is 264 g/mol. The zero-order valence-electron chi connectivity index (χ0n) is 11.4. The Kier molecular flexibility index (Phi) is 5.08. The van der Waals surface area contributed by atoms with Gasteiger partial charge in [0, 0.05) is 24.4 Å². The number of rotatable bonds is 5. The van der Waals surface area contributed by atoms with Crippen LogP contribution in [-0.2, 0) is 9.84 Å². The first kappa shape index (κ1) is 15.7. The first-order valence-electron chi connectivity index (χ1n) is 6.06. The Morgan fingerprint density at radius 3 is 2.16 bits per heavy atom. The molecule has 1 aromatic rings. The maximum Gasteiger partial charge on any atom is 0.251 e. The number of carbonyl (C=O) groups excluding carboxylic acids is 1. The maximum atomic E-state index is 12.0. The quantitative estimate of drug-likeness (QED) is 0.837. The molecule has 0 aliphatic rings. The normalized spacial score (nSPS) is 13.3. The number of hydrogen-bond donors (Lipinski definition) is 2. The second-order valence-corrected chi connectivity index (χ2v) is 6.87. The molecule has 1 atom stereocenters. The van der Waals surface area contributed by atoms with Crippen molar-refractivity contribution in [2.75, 3.05) is 12.8 Å². The number of carbonyl (C=O) groups is 1. The summed E-state index contributed by atoms with van der Waals surface area (Å²) >= 11 is 0. The van der Waals surface area contributed by atoms with E-state index >= 15 is 0 Å². The van der Waals surface area contributed by atoms with Crippen molar-refractivity contribution >= 4 is 15.7 Å². The Labute approximate surface area is 114 Å². The summed E-state index contributed by atoms with van der Waals surface area (Å²) in [5, 5.41) is 2.83. The van der Waals surface area contributed by atoms with Crippen molar-refractivity contribution in [1.29, 1.82) is 0 Å². The van der Waals surface area contributed by atoms with Crippen molar-refractivity contribution < 1.29 is 13.2 Å². The standard InChI is InChI=1S/C13H20N2O3S/c1-9(2)12(8-14)15-13(16)10-4-6-11(7-5-10)19(3,17)18/h4-7,9,12H,8,14H2,1-3H3,(H,15,16). The lowest BCUT2D eigenvalue weighted by Gasteiger charge is -2.20. The van der Waals surface area contributed by atoms with Gasteiger partial charge in [-0.1, -0.05) is 13.8 Å². The molecule has 0 aliphatic carbocycles. The summed E-state index contributed by atoms with van der Waals surface area (Å²) in [6.07, 6.45) is 1.13. The topological polar surface area (TPSA) is 89.3 Å². The van der Waals surface area contributed by atoms with Gasteiger partial charge in [-0.3, -0.25) is 4.79 Å². The van der Waals surface area contributed by atoms with Gasteiger partial charge < -0.3 is 11.1 Å². The SMILES string of the molecule is CC(C)C(CN)NC(=O)c1ccc(S(C)(=O)=O)cc1. The molecule has 5 nitrogen and oxygen atoms in total. The van der Waals surface area contributed by atoms with E-state index in [1.165, 1.54) is 24.3 Å². The third kappa shape index (κ3) is 4.33. The average molecular weight is 284 g/mol. The molecule has 1 rings (SSSR count). The summed E-state index contributed by atoms with van der Waals surface area (Å²) in [6, 6.07) is 5.76. The highest BCUT2D eigenvalue weighted by molar-refractivity contribution is 7.90. The third-order valence-corrected chi connectivity index (χ3v) is 4.05. The Bertz CT molecular complexity index is 536. The fourth-order valence-electron chi connectivity index (χ4n) is 1.60. The van der Waals surface area contributed by atoms with Crippen molar-refractivity contribution in [3.8, 4) is 0 Å². The molecule has 0 bridgehead atoms. The fourth-order valence-corrected chi connectivity index (χ4v) is 2.23. The molecule has 0 saturated heterocycles. The van der Waals surface area contributed by atoms with E-state index in [0.29, 0.717) is 12.1 Å². The highest BCUT2D eigenvalue weighted by atomic mass is 32.2. The van der Waals surface area contributed by atoms with Gasteiger partial charge in [-0.05, 0) is 30.2 Å². The summed E-state index contributed by atoms with van der Waals surface area (Å²) in [5.74, 6) is -0.00607. The fraction of sp³-hybridized carbons (Fsp3) is 0.462. The summed E-state index contributed by atoms with van der Waals surface area (Å²) < 4.78 is 22.6. The van der Waals surface area contributed by atoms with Crippen molar-refractivity contribution in [3.63, 3.8) is 0 Å². The number of nitrogens with one attached hydrogen (secondary N) is 1. The van der Waals surface area contributed by atoms with E-state index in [2.05, 4.69) is 5.32 Å². The lowest BCUT2D eigenvalue weighted by Crippen LogP contribution is -2.43. The minimum absolute atomic E-state index is 0.0953. The lowest BCUT2D eigenvalue weighted by atomic mass is 10.0. The molecular formula is C13H20N2O3S. The molecule has 19 heavy (non-hydrogen) atoms. The lowest BCUT2D eigenvalue weighted by molar-refractivity contribution is 0.0927. The predicted molar refractivity (Wildman–Crippen MR) is 74.7 cm³/mol. The highest BCUT2D eigenvalue weighted by Crippen LogP contribution is 2.11. The molecule has 0 spiro atoms. The first-order chi connectivity index (χ1) is 8.75. The molecule has 0 aromatic heterocycles. The second kappa shape index (κ2) is 6.16. The van der Waals surface area contributed by atoms with E-state index in [1.54, 1.807) is 0 Å². The number of nitrogens with two attached hydrogens (primary N) is 1. The van der Waals surface area contributed by atoms with E-state index in [1.807, 2.05) is 13.8 Å². The zero-order chi connectivity index (χ0) is 14.6. The van der Waals surface area contributed by atoms with Gasteiger partial charge in [0.1, 0.15) is 0 Å². The Hall–Kier alpha value is -1.40. The van der Waals surface area contributed by atoms with Gasteiger partial charge in [-0.15, -0.1) is 0 Å². The van der Waals surface area contributed by atoms with Crippen LogP contribution in [0.4, 0.5) is 0 Å². The highest BCUT2D eigenvalue weighted by Gasteiger charge is 2.16. The van der Waals surface area contributed by atoms with E-state index in [-0.39, 0.29) is 22.8 Å². The Morgan fingerprint density at radius 1 is 1.26 bits per heavy atom. The van der Waals surface area contributed by atoms with Crippen molar-refractivity contribution in [3.05, 3.63) is 29.8 Å². The van der Waals surface area contributed by atoms with Crippen LogP contribution in [0.1, 0.15) is 24.2 Å².